The van der Waals surface area contributed by atoms with Crippen molar-refractivity contribution in [1.82, 2.24) is 4.90 Å². The van der Waals surface area contributed by atoms with Crippen LogP contribution in [0, 0.1) is 6.92 Å². The lowest BCUT2D eigenvalue weighted by atomic mass is 10.2. The largest absolute Gasteiger partial charge is 0.332 e. The Labute approximate surface area is 183 Å². The van der Waals surface area contributed by atoms with E-state index in [2.05, 4.69) is 52.0 Å². The standard InChI is InChI=1S/C13H15Cl2N3O2.C7H7Br/c1-8(18(3)12(19)7-16-2)13(20)17-11-5-9(14)4-10(15)6-11;1-6-2-4-7(8)5-3-6/h4-6,8H,2,7H2,1,3H3,(H,17,20);2-5H,1H3. The van der Waals surface area contributed by atoms with Crippen LogP contribution in [0.4, 0.5) is 5.69 Å². The number of aliphatic imine (C=N–C) groups is 1. The molecule has 28 heavy (non-hydrogen) atoms. The fourth-order valence-corrected chi connectivity index (χ4v) is 2.80. The minimum absolute atomic E-state index is 0.0584. The fraction of sp³-hybridized carbons (Fsp3) is 0.250. The second-order valence-corrected chi connectivity index (χ2v) is 7.79. The highest BCUT2D eigenvalue weighted by Crippen LogP contribution is 2.22. The molecule has 0 aliphatic heterocycles. The summed E-state index contributed by atoms with van der Waals surface area (Å²) in [4.78, 5) is 28.5. The van der Waals surface area contributed by atoms with Crippen LogP contribution in [0.5, 0.6) is 0 Å². The van der Waals surface area contributed by atoms with Gasteiger partial charge in [0, 0.05) is 27.3 Å². The summed E-state index contributed by atoms with van der Waals surface area (Å²) in [6.45, 7) is 6.88. The molecule has 1 N–H and O–H groups in total. The number of rotatable bonds is 5. The van der Waals surface area contributed by atoms with E-state index in [9.17, 15) is 9.59 Å². The number of halogens is 3. The average Bonchev–Trinajstić information content (AvgIpc) is 2.62. The third kappa shape index (κ3) is 8.42. The van der Waals surface area contributed by atoms with E-state index in [-0.39, 0.29) is 18.4 Å². The highest BCUT2D eigenvalue weighted by atomic mass is 79.9. The Morgan fingerprint density at radius 2 is 1.71 bits per heavy atom. The molecule has 1 unspecified atom stereocenters. The maximum atomic E-state index is 12.0. The highest BCUT2D eigenvalue weighted by molar-refractivity contribution is 9.10. The lowest BCUT2D eigenvalue weighted by molar-refractivity contribution is -0.135. The molecular weight excluding hydrogens is 465 g/mol. The van der Waals surface area contributed by atoms with Crippen molar-refractivity contribution in [1.29, 1.82) is 0 Å². The minimum atomic E-state index is -0.651. The highest BCUT2D eigenvalue weighted by Gasteiger charge is 2.22. The number of benzene rings is 2. The monoisotopic (exact) mass is 485 g/mol. The third-order valence-corrected chi connectivity index (χ3v) is 4.71. The van der Waals surface area contributed by atoms with Gasteiger partial charge >= 0.3 is 0 Å². The molecule has 0 radical (unpaired) electrons. The average molecular weight is 487 g/mol. The Morgan fingerprint density at radius 3 is 2.18 bits per heavy atom. The molecule has 0 fully saturated rings. The number of hydrogen-bond donors (Lipinski definition) is 1. The molecule has 150 valence electrons. The van der Waals surface area contributed by atoms with E-state index in [0.29, 0.717) is 15.7 Å². The minimum Gasteiger partial charge on any atom is -0.332 e. The van der Waals surface area contributed by atoms with Crippen molar-refractivity contribution in [2.45, 2.75) is 19.9 Å². The molecule has 2 aromatic rings. The summed E-state index contributed by atoms with van der Waals surface area (Å²) >= 11 is 15.0. The lowest BCUT2D eigenvalue weighted by Gasteiger charge is -2.23. The first-order valence-corrected chi connectivity index (χ1v) is 9.86. The van der Waals surface area contributed by atoms with Gasteiger partial charge in [-0.25, -0.2) is 0 Å². The molecule has 0 bridgehead atoms. The molecule has 0 aromatic heterocycles. The summed E-state index contributed by atoms with van der Waals surface area (Å²) in [5.74, 6) is -0.630. The van der Waals surface area contributed by atoms with E-state index >= 15 is 0 Å². The van der Waals surface area contributed by atoms with Crippen molar-refractivity contribution in [3.63, 3.8) is 0 Å². The topological polar surface area (TPSA) is 61.8 Å². The first-order chi connectivity index (χ1) is 13.1. The van der Waals surface area contributed by atoms with E-state index in [1.54, 1.807) is 25.1 Å². The Bertz CT molecular complexity index is 787. The Hall–Kier alpha value is -1.89. The quantitative estimate of drug-likeness (QED) is 0.587. The lowest BCUT2D eigenvalue weighted by Crippen LogP contribution is -2.44. The third-order valence-electron chi connectivity index (χ3n) is 3.74. The Balaban J connectivity index is 0.000000406. The molecule has 2 amide bonds. The zero-order valence-electron chi connectivity index (χ0n) is 15.9. The number of nitrogens with one attached hydrogen (secondary N) is 1. The maximum absolute atomic E-state index is 12.0. The second-order valence-electron chi connectivity index (χ2n) is 6.01. The van der Waals surface area contributed by atoms with E-state index < -0.39 is 6.04 Å². The van der Waals surface area contributed by atoms with Crippen molar-refractivity contribution in [2.24, 2.45) is 4.99 Å². The van der Waals surface area contributed by atoms with Gasteiger partial charge < -0.3 is 10.2 Å². The molecule has 2 rings (SSSR count). The second kappa shape index (κ2) is 11.8. The van der Waals surface area contributed by atoms with Crippen LogP contribution < -0.4 is 5.32 Å². The molecule has 2 aromatic carbocycles. The molecule has 0 saturated carbocycles. The summed E-state index contributed by atoms with van der Waals surface area (Å²) in [5.41, 5.74) is 1.77. The van der Waals surface area contributed by atoms with Crippen molar-refractivity contribution >= 4 is 63.4 Å². The molecule has 0 heterocycles. The van der Waals surface area contributed by atoms with E-state index in [1.165, 1.54) is 17.5 Å². The van der Waals surface area contributed by atoms with Crippen LogP contribution in [0.15, 0.2) is 51.9 Å². The Kier molecular flexibility index (Phi) is 10.2. The zero-order chi connectivity index (χ0) is 21.3. The van der Waals surface area contributed by atoms with Gasteiger partial charge in [0.2, 0.25) is 11.8 Å². The molecule has 0 aliphatic carbocycles. The van der Waals surface area contributed by atoms with Crippen LogP contribution in [0.2, 0.25) is 10.0 Å². The molecule has 0 spiro atoms. The normalized spacial score (nSPS) is 10.9. The number of likely N-dealkylation sites (N-methyl/N-ethyl adjacent to an activating group) is 1. The van der Waals surface area contributed by atoms with Gasteiger partial charge in [-0.05, 0) is 50.9 Å². The maximum Gasteiger partial charge on any atom is 0.246 e. The van der Waals surface area contributed by atoms with E-state index in [1.807, 2.05) is 12.1 Å². The van der Waals surface area contributed by atoms with Crippen LogP contribution in [-0.2, 0) is 9.59 Å². The smallest absolute Gasteiger partial charge is 0.246 e. The number of hydrogen-bond acceptors (Lipinski definition) is 3. The molecule has 1 atom stereocenters. The molecular formula is C20H22BrCl2N3O2. The van der Waals surface area contributed by atoms with Gasteiger partial charge in [0.15, 0.2) is 0 Å². The summed E-state index contributed by atoms with van der Waals surface area (Å²) in [6, 6.07) is 12.3. The van der Waals surface area contributed by atoms with Crippen LogP contribution in [0.1, 0.15) is 12.5 Å². The molecule has 8 heteroatoms. The number of carbonyl (C=O) groups excluding carboxylic acids is 2. The molecule has 0 aliphatic rings. The summed E-state index contributed by atoms with van der Waals surface area (Å²) < 4.78 is 1.14. The van der Waals surface area contributed by atoms with Gasteiger partial charge in [-0.1, -0.05) is 56.8 Å². The summed E-state index contributed by atoms with van der Waals surface area (Å²) in [7, 11) is 1.53. The van der Waals surface area contributed by atoms with Gasteiger partial charge in [0.1, 0.15) is 12.6 Å². The van der Waals surface area contributed by atoms with Crippen LogP contribution in [-0.4, -0.2) is 43.1 Å². The van der Waals surface area contributed by atoms with Crippen molar-refractivity contribution < 1.29 is 9.59 Å². The van der Waals surface area contributed by atoms with E-state index in [4.69, 9.17) is 23.2 Å². The number of nitrogens with zero attached hydrogens (tertiary/aromatic N) is 2. The van der Waals surface area contributed by atoms with Crippen molar-refractivity contribution in [3.8, 4) is 0 Å². The van der Waals surface area contributed by atoms with E-state index in [0.717, 1.165) is 4.47 Å². The first kappa shape index (κ1) is 24.1. The van der Waals surface area contributed by atoms with Crippen molar-refractivity contribution in [2.75, 3.05) is 18.9 Å². The van der Waals surface area contributed by atoms with Gasteiger partial charge in [-0.15, -0.1) is 0 Å². The van der Waals surface area contributed by atoms with Gasteiger partial charge in [-0.3, -0.25) is 14.6 Å². The fourth-order valence-electron chi connectivity index (χ4n) is 2.00. The van der Waals surface area contributed by atoms with Crippen LogP contribution in [0.25, 0.3) is 0 Å². The Morgan fingerprint density at radius 1 is 1.18 bits per heavy atom. The van der Waals surface area contributed by atoms with Crippen LogP contribution >= 0.6 is 39.1 Å². The predicted molar refractivity (Wildman–Crippen MR) is 121 cm³/mol. The molecule has 0 saturated heterocycles. The van der Waals surface area contributed by atoms with Crippen LogP contribution in [0.3, 0.4) is 0 Å². The summed E-state index contributed by atoms with van der Waals surface area (Å²) in [5, 5.41) is 3.49. The number of anilines is 1. The first-order valence-electron chi connectivity index (χ1n) is 8.31. The van der Waals surface area contributed by atoms with Gasteiger partial charge in [0.25, 0.3) is 0 Å². The predicted octanol–water partition coefficient (Wildman–Crippen LogP) is 5.24. The molecule has 5 nitrogen and oxygen atoms in total. The number of amides is 2. The van der Waals surface area contributed by atoms with Gasteiger partial charge in [0.05, 0.1) is 0 Å². The van der Waals surface area contributed by atoms with Gasteiger partial charge in [-0.2, -0.15) is 0 Å². The van der Waals surface area contributed by atoms with Crippen molar-refractivity contribution in [3.05, 3.63) is 62.5 Å². The zero-order valence-corrected chi connectivity index (χ0v) is 19.0. The number of carbonyl (C=O) groups is 2. The SMILES string of the molecule is C=NCC(=O)N(C)C(C)C(=O)Nc1cc(Cl)cc(Cl)c1.Cc1ccc(Br)cc1. The number of aryl methyl sites for hydroxylation is 1. The summed E-state index contributed by atoms with van der Waals surface area (Å²) in [6.07, 6.45) is 0.